The molecule has 0 radical (unpaired) electrons. The number of allylic oxidation sites excluding steroid dienone is 2. The molecule has 0 spiro atoms. The first-order valence-corrected chi connectivity index (χ1v) is 12.1. The van der Waals surface area contributed by atoms with Crippen LogP contribution in [-0.2, 0) is 19.2 Å². The van der Waals surface area contributed by atoms with Crippen molar-refractivity contribution in [1.82, 2.24) is 0 Å². The first kappa shape index (κ1) is 23.8. The Labute approximate surface area is 209 Å². The molecule has 2 heterocycles. The lowest BCUT2D eigenvalue weighted by Crippen LogP contribution is -2.32. The molecule has 0 aromatic heterocycles. The van der Waals surface area contributed by atoms with E-state index in [9.17, 15) is 19.2 Å². The van der Waals surface area contributed by atoms with E-state index in [-0.39, 0.29) is 48.4 Å². The number of ether oxygens (including phenoxy) is 2. The van der Waals surface area contributed by atoms with Crippen LogP contribution in [0.25, 0.3) is 0 Å². The van der Waals surface area contributed by atoms with Gasteiger partial charge in [-0.05, 0) is 55.2 Å². The summed E-state index contributed by atoms with van der Waals surface area (Å²) in [6.07, 6.45) is 4.59. The lowest BCUT2D eigenvalue weighted by Gasteiger charge is -2.22. The fraction of sp³-hybridized carbons (Fsp3) is 0.357. The van der Waals surface area contributed by atoms with Crippen LogP contribution in [0.3, 0.4) is 0 Å². The first-order valence-electron chi connectivity index (χ1n) is 12.1. The zero-order valence-corrected chi connectivity index (χ0v) is 20.5. The molecular weight excluding hydrogens is 460 g/mol. The zero-order valence-electron chi connectivity index (χ0n) is 20.5. The summed E-state index contributed by atoms with van der Waals surface area (Å²) in [4.78, 5) is 54.4. The highest BCUT2D eigenvalue weighted by atomic mass is 16.5. The Kier molecular flexibility index (Phi) is 6.12. The Balaban J connectivity index is 1.28. The third kappa shape index (κ3) is 4.06. The number of aryl methyl sites for hydroxylation is 1. The number of carbonyl (C=O) groups excluding carboxylic acids is 4. The summed E-state index contributed by atoms with van der Waals surface area (Å²) in [5, 5.41) is 0. The topological polar surface area (TPSA) is 93.2 Å². The maximum absolute atomic E-state index is 13.1. The van der Waals surface area contributed by atoms with E-state index in [1.54, 1.807) is 61.4 Å². The van der Waals surface area contributed by atoms with Gasteiger partial charge in [0.15, 0.2) is 0 Å². The highest BCUT2D eigenvalue weighted by Gasteiger charge is 2.50. The number of nitrogens with zero attached hydrogens (tertiary/aromatic N) is 2. The minimum atomic E-state index is -0.609. The molecule has 2 saturated heterocycles. The molecule has 2 aliphatic heterocycles. The monoisotopic (exact) mass is 488 g/mol. The van der Waals surface area contributed by atoms with E-state index in [0.717, 1.165) is 0 Å². The summed E-state index contributed by atoms with van der Waals surface area (Å²) >= 11 is 0. The van der Waals surface area contributed by atoms with Crippen molar-refractivity contribution in [2.24, 2.45) is 23.7 Å². The van der Waals surface area contributed by atoms with Crippen molar-refractivity contribution in [2.45, 2.75) is 26.7 Å². The Morgan fingerprint density at radius 1 is 1.03 bits per heavy atom. The number of fused-ring (bicyclic) bond motifs is 1. The molecule has 3 amide bonds. The SMILES string of the molecule is COc1cccc(N2C[C@H](C(=O)Oc3ccc(N4C(=O)[C@H]5[C@H](C)C=CC[C@H]5C4=O)c(C)c3)CC2=O)c1. The summed E-state index contributed by atoms with van der Waals surface area (Å²) in [5.41, 5.74) is 1.83. The number of methoxy groups -OCH3 is 1. The molecule has 36 heavy (non-hydrogen) atoms. The number of benzene rings is 2. The van der Waals surface area contributed by atoms with Gasteiger partial charge in [0.1, 0.15) is 11.5 Å². The summed E-state index contributed by atoms with van der Waals surface area (Å²) < 4.78 is 10.8. The van der Waals surface area contributed by atoms with Crippen LogP contribution < -0.4 is 19.3 Å². The molecule has 8 nitrogen and oxygen atoms in total. The highest BCUT2D eigenvalue weighted by Crippen LogP contribution is 2.41. The lowest BCUT2D eigenvalue weighted by atomic mass is 9.78. The van der Waals surface area contributed by atoms with E-state index in [0.29, 0.717) is 34.9 Å². The standard InChI is InChI=1S/C28H28N2O6/c1-16-6-4-9-22-25(16)27(33)30(26(22)32)23-11-10-21(12-17(23)2)36-28(34)18-13-24(31)29(15-18)19-7-5-8-20(14-19)35-3/h4-8,10-12,14,16,18,22,25H,9,13,15H2,1-3H3/t16-,18-,22-,25+/m1/s1. The van der Waals surface area contributed by atoms with Crippen LogP contribution in [-0.4, -0.2) is 37.3 Å². The van der Waals surface area contributed by atoms with Crippen molar-refractivity contribution >= 4 is 35.1 Å². The van der Waals surface area contributed by atoms with E-state index in [1.165, 1.54) is 4.90 Å². The number of hydrogen-bond acceptors (Lipinski definition) is 6. The van der Waals surface area contributed by atoms with Crippen molar-refractivity contribution in [2.75, 3.05) is 23.5 Å². The molecule has 0 saturated carbocycles. The molecule has 3 aliphatic rings. The van der Waals surface area contributed by atoms with Crippen LogP contribution in [0.2, 0.25) is 0 Å². The predicted octanol–water partition coefficient (Wildman–Crippen LogP) is 3.66. The van der Waals surface area contributed by atoms with Crippen LogP contribution in [0, 0.1) is 30.6 Å². The minimum absolute atomic E-state index is 0.0106. The summed E-state index contributed by atoms with van der Waals surface area (Å²) in [6, 6.07) is 12.0. The minimum Gasteiger partial charge on any atom is -0.497 e. The van der Waals surface area contributed by atoms with Crippen LogP contribution in [0.15, 0.2) is 54.6 Å². The molecule has 8 heteroatoms. The van der Waals surface area contributed by atoms with Crippen molar-refractivity contribution in [3.05, 3.63) is 60.2 Å². The molecule has 2 aromatic carbocycles. The second-order valence-corrected chi connectivity index (χ2v) is 9.64. The van der Waals surface area contributed by atoms with Gasteiger partial charge in [-0.15, -0.1) is 0 Å². The summed E-state index contributed by atoms with van der Waals surface area (Å²) in [5.74, 6) is -1.37. The van der Waals surface area contributed by atoms with Crippen LogP contribution >= 0.6 is 0 Å². The predicted molar refractivity (Wildman–Crippen MR) is 133 cm³/mol. The van der Waals surface area contributed by atoms with E-state index < -0.39 is 11.9 Å². The molecule has 0 unspecified atom stereocenters. The average Bonchev–Trinajstić information content (AvgIpc) is 3.37. The van der Waals surface area contributed by atoms with Gasteiger partial charge in [-0.3, -0.25) is 19.2 Å². The Morgan fingerprint density at radius 2 is 1.83 bits per heavy atom. The highest BCUT2D eigenvalue weighted by molar-refractivity contribution is 6.22. The van der Waals surface area contributed by atoms with Crippen molar-refractivity contribution in [3.8, 4) is 11.5 Å². The van der Waals surface area contributed by atoms with Crippen LogP contribution in [0.4, 0.5) is 11.4 Å². The largest absolute Gasteiger partial charge is 0.497 e. The number of imide groups is 1. The summed E-state index contributed by atoms with van der Waals surface area (Å²) in [6.45, 7) is 3.95. The zero-order chi connectivity index (χ0) is 25.6. The number of carbonyl (C=O) groups is 4. The maximum atomic E-state index is 13.1. The van der Waals surface area contributed by atoms with E-state index in [4.69, 9.17) is 9.47 Å². The summed E-state index contributed by atoms with van der Waals surface area (Å²) in [7, 11) is 1.55. The van der Waals surface area contributed by atoms with Gasteiger partial charge in [-0.1, -0.05) is 25.1 Å². The van der Waals surface area contributed by atoms with Crippen molar-refractivity contribution < 1.29 is 28.7 Å². The number of hydrogen-bond donors (Lipinski definition) is 0. The van der Waals surface area contributed by atoms with Gasteiger partial charge in [0.25, 0.3) is 0 Å². The molecule has 0 N–H and O–H groups in total. The normalized spacial score (nSPS) is 25.4. The number of rotatable bonds is 5. The number of esters is 1. The van der Waals surface area contributed by atoms with E-state index in [1.807, 2.05) is 19.1 Å². The van der Waals surface area contributed by atoms with Gasteiger partial charge in [-0.25, -0.2) is 4.90 Å². The number of anilines is 2. The van der Waals surface area contributed by atoms with E-state index >= 15 is 0 Å². The second kappa shape index (κ2) is 9.26. The quantitative estimate of drug-likeness (QED) is 0.276. The third-order valence-electron chi connectivity index (χ3n) is 7.32. The Morgan fingerprint density at radius 3 is 2.56 bits per heavy atom. The second-order valence-electron chi connectivity index (χ2n) is 9.64. The molecule has 2 fully saturated rings. The lowest BCUT2D eigenvalue weighted by molar-refractivity contribution is -0.139. The molecular formula is C28H28N2O6. The van der Waals surface area contributed by atoms with Gasteiger partial charge in [0, 0.05) is 24.7 Å². The molecule has 2 aromatic rings. The van der Waals surface area contributed by atoms with Gasteiger partial charge >= 0.3 is 5.97 Å². The van der Waals surface area contributed by atoms with E-state index in [2.05, 4.69) is 0 Å². The van der Waals surface area contributed by atoms with Crippen LogP contribution in [0.1, 0.15) is 25.3 Å². The van der Waals surface area contributed by atoms with Crippen LogP contribution in [0.5, 0.6) is 11.5 Å². The molecule has 1 aliphatic carbocycles. The fourth-order valence-electron chi connectivity index (χ4n) is 5.42. The van der Waals surface area contributed by atoms with Gasteiger partial charge in [-0.2, -0.15) is 0 Å². The smallest absolute Gasteiger partial charge is 0.316 e. The van der Waals surface area contributed by atoms with Crippen molar-refractivity contribution in [3.63, 3.8) is 0 Å². The fourth-order valence-corrected chi connectivity index (χ4v) is 5.42. The molecule has 186 valence electrons. The Hall–Kier alpha value is -3.94. The maximum Gasteiger partial charge on any atom is 0.316 e. The Bertz CT molecular complexity index is 1280. The average molecular weight is 489 g/mol. The van der Waals surface area contributed by atoms with Gasteiger partial charge < -0.3 is 14.4 Å². The molecule has 5 rings (SSSR count). The first-order chi connectivity index (χ1) is 17.3. The molecule has 0 bridgehead atoms. The van der Waals surface area contributed by atoms with Gasteiger partial charge in [0.2, 0.25) is 17.7 Å². The van der Waals surface area contributed by atoms with Crippen molar-refractivity contribution in [1.29, 1.82) is 0 Å². The molecule has 4 atom stereocenters. The van der Waals surface area contributed by atoms with Gasteiger partial charge in [0.05, 0.1) is 30.6 Å². The third-order valence-corrected chi connectivity index (χ3v) is 7.32. The number of amides is 3.